The van der Waals surface area contributed by atoms with E-state index in [0.717, 1.165) is 9.95 Å². The average Bonchev–Trinajstić information content (AvgIpc) is 3.16. The highest BCUT2D eigenvalue weighted by atomic mass is 31.2. The van der Waals surface area contributed by atoms with E-state index < -0.39 is 62.8 Å². The van der Waals surface area contributed by atoms with Gasteiger partial charge in [0.2, 0.25) is 0 Å². The van der Waals surface area contributed by atoms with Crippen LogP contribution in [-0.2, 0) is 23.4 Å². The highest BCUT2D eigenvalue weighted by Crippen LogP contribution is 2.47. The number of nitrogens with two attached hydrogens (primary N) is 1. The number of aliphatic hydroxyl groups is 1. The summed E-state index contributed by atoms with van der Waals surface area (Å²) in [5.74, 6) is -0.568. The number of rotatable bonds is 10. The molecule has 1 saturated heterocycles. The van der Waals surface area contributed by atoms with E-state index in [1.165, 1.54) is 19.2 Å². The number of aromatic nitrogens is 2. The van der Waals surface area contributed by atoms with Gasteiger partial charge in [-0.1, -0.05) is 36.4 Å². The summed E-state index contributed by atoms with van der Waals surface area (Å²) in [5, 5.41) is 14.4. The van der Waals surface area contributed by atoms with Crippen molar-refractivity contribution in [1.82, 2.24) is 14.6 Å². The van der Waals surface area contributed by atoms with E-state index in [1.54, 1.807) is 38.1 Å². The molecule has 3 aromatic rings. The fraction of sp³-hybridized carbons (Fsp3) is 0.400. The number of hydrogen-bond acceptors (Lipinski definition) is 10. The summed E-state index contributed by atoms with van der Waals surface area (Å²) < 4.78 is 51.9. The molecule has 39 heavy (non-hydrogen) atoms. The molecule has 210 valence electrons. The van der Waals surface area contributed by atoms with Gasteiger partial charge in [0.05, 0.1) is 12.7 Å². The van der Waals surface area contributed by atoms with Gasteiger partial charge in [-0.15, -0.1) is 0 Å². The van der Waals surface area contributed by atoms with Gasteiger partial charge in [-0.25, -0.2) is 13.8 Å². The van der Waals surface area contributed by atoms with Gasteiger partial charge in [0, 0.05) is 11.6 Å². The Labute approximate surface area is 223 Å². The Kier molecular flexibility index (Phi) is 8.67. The van der Waals surface area contributed by atoms with Crippen molar-refractivity contribution in [2.75, 3.05) is 12.3 Å². The van der Waals surface area contributed by atoms with Crippen molar-refractivity contribution in [1.29, 1.82) is 0 Å². The molecule has 2 aromatic carbocycles. The third kappa shape index (κ3) is 6.63. The largest absolute Gasteiger partial charge is 0.462 e. The molecular formula is C25H30FN4O8P. The molecule has 1 aliphatic heterocycles. The maximum Gasteiger partial charge on any atom is 0.459 e. The molecular weight excluding hydrogens is 534 g/mol. The number of hydrogen-bond donors (Lipinski definition) is 3. The number of esters is 1. The zero-order valence-corrected chi connectivity index (χ0v) is 22.4. The van der Waals surface area contributed by atoms with E-state index in [2.05, 4.69) is 10.1 Å². The predicted octanol–water partition coefficient (Wildman–Crippen LogP) is 2.71. The van der Waals surface area contributed by atoms with Crippen LogP contribution in [0.1, 0.15) is 27.0 Å². The lowest BCUT2D eigenvalue weighted by Crippen LogP contribution is -2.37. The molecule has 6 atom stereocenters. The second-order valence-electron chi connectivity index (χ2n) is 9.24. The van der Waals surface area contributed by atoms with Crippen LogP contribution < -0.4 is 21.0 Å². The molecule has 1 aliphatic rings. The second-order valence-corrected chi connectivity index (χ2v) is 10.9. The van der Waals surface area contributed by atoms with Gasteiger partial charge in [0.1, 0.15) is 29.8 Å². The lowest BCUT2D eigenvalue weighted by Gasteiger charge is -2.25. The Bertz CT molecular complexity index is 1430. The van der Waals surface area contributed by atoms with Gasteiger partial charge in [-0.2, -0.15) is 10.1 Å². The molecule has 4 rings (SSSR count). The van der Waals surface area contributed by atoms with Crippen LogP contribution in [0.5, 0.6) is 5.75 Å². The fourth-order valence-corrected chi connectivity index (χ4v) is 5.50. The first-order valence-corrected chi connectivity index (χ1v) is 13.7. The fourth-order valence-electron chi connectivity index (χ4n) is 3.98. The molecule has 0 radical (unpaired) electrons. The number of ether oxygens (including phenoxy) is 2. The normalized spacial score (nSPS) is 23.4. The van der Waals surface area contributed by atoms with E-state index in [-0.39, 0.29) is 11.6 Å². The lowest BCUT2D eigenvalue weighted by molar-refractivity contribution is -0.149. The van der Waals surface area contributed by atoms with Crippen molar-refractivity contribution in [2.24, 2.45) is 0 Å². The molecule has 0 aliphatic carbocycles. The summed E-state index contributed by atoms with van der Waals surface area (Å²) in [5.41, 5.74) is 4.61. The third-order valence-corrected chi connectivity index (χ3v) is 7.48. The monoisotopic (exact) mass is 564 g/mol. The van der Waals surface area contributed by atoms with Crippen molar-refractivity contribution in [3.63, 3.8) is 0 Å². The van der Waals surface area contributed by atoms with Crippen LogP contribution in [-0.4, -0.2) is 57.8 Å². The van der Waals surface area contributed by atoms with Crippen molar-refractivity contribution in [3.05, 3.63) is 65.2 Å². The number of aliphatic hydroxyl groups excluding tert-OH is 1. The number of carbonyl (C=O) groups excluding carboxylic acids is 1. The molecule has 1 fully saturated rings. The number of nitrogens with one attached hydrogen (secondary N) is 1. The van der Waals surface area contributed by atoms with Crippen LogP contribution in [0, 0.1) is 0 Å². The van der Waals surface area contributed by atoms with Gasteiger partial charge < -0.3 is 24.8 Å². The van der Waals surface area contributed by atoms with Crippen molar-refractivity contribution >= 4 is 30.3 Å². The van der Waals surface area contributed by atoms with E-state index in [0.29, 0.717) is 5.39 Å². The summed E-state index contributed by atoms with van der Waals surface area (Å²) in [6, 6.07) is 12.5. The minimum absolute atomic E-state index is 0.0622. The van der Waals surface area contributed by atoms with Crippen LogP contribution in [0.2, 0.25) is 0 Å². The van der Waals surface area contributed by atoms with Crippen molar-refractivity contribution in [3.8, 4) is 5.75 Å². The SMILES string of the molecule is CC(C)OC(=O)[C@H](C)NP(=O)(OC[C@H]1O[C@@H](n2ccc(N)nc2=O)C(F)C1O)Oc1cccc2ccccc12. The van der Waals surface area contributed by atoms with Crippen LogP contribution in [0.25, 0.3) is 10.8 Å². The van der Waals surface area contributed by atoms with Gasteiger partial charge in [-0.05, 0) is 38.3 Å². The van der Waals surface area contributed by atoms with Gasteiger partial charge in [0.15, 0.2) is 12.4 Å². The van der Waals surface area contributed by atoms with Crippen LogP contribution in [0.3, 0.4) is 0 Å². The first-order chi connectivity index (χ1) is 18.5. The molecule has 3 unspecified atom stereocenters. The highest BCUT2D eigenvalue weighted by molar-refractivity contribution is 7.52. The molecule has 0 saturated carbocycles. The minimum Gasteiger partial charge on any atom is -0.462 e. The molecule has 0 spiro atoms. The Hall–Kier alpha value is -3.35. The van der Waals surface area contributed by atoms with Gasteiger partial charge in [-0.3, -0.25) is 13.9 Å². The average molecular weight is 565 g/mol. The van der Waals surface area contributed by atoms with E-state index >= 15 is 0 Å². The Balaban J connectivity index is 1.56. The Morgan fingerprint density at radius 2 is 1.95 bits per heavy atom. The summed E-state index contributed by atoms with van der Waals surface area (Å²) in [4.78, 5) is 28.1. The predicted molar refractivity (Wildman–Crippen MR) is 140 cm³/mol. The molecule has 0 bridgehead atoms. The minimum atomic E-state index is -4.37. The van der Waals surface area contributed by atoms with Crippen molar-refractivity contribution < 1.29 is 37.4 Å². The molecule has 4 N–H and O–H groups in total. The zero-order chi connectivity index (χ0) is 28.3. The van der Waals surface area contributed by atoms with E-state index in [4.69, 9.17) is 24.3 Å². The molecule has 0 amide bonds. The number of benzene rings is 2. The Morgan fingerprint density at radius 3 is 2.67 bits per heavy atom. The van der Waals surface area contributed by atoms with Crippen LogP contribution in [0.15, 0.2) is 59.5 Å². The zero-order valence-electron chi connectivity index (χ0n) is 21.5. The summed E-state index contributed by atoms with van der Waals surface area (Å²) in [7, 11) is -4.37. The number of fused-ring (bicyclic) bond motifs is 1. The number of carbonyl (C=O) groups is 1. The second kappa shape index (κ2) is 11.8. The maximum atomic E-state index is 15.0. The Morgan fingerprint density at radius 1 is 1.23 bits per heavy atom. The first kappa shape index (κ1) is 28.7. The van der Waals surface area contributed by atoms with Gasteiger partial charge >= 0.3 is 19.4 Å². The summed E-state index contributed by atoms with van der Waals surface area (Å²) in [6.07, 6.45) is -5.88. The number of halogens is 1. The number of nitrogens with zero attached hydrogens (tertiary/aromatic N) is 2. The van der Waals surface area contributed by atoms with Crippen LogP contribution in [0.4, 0.5) is 10.2 Å². The lowest BCUT2D eigenvalue weighted by atomic mass is 10.1. The van der Waals surface area contributed by atoms with Gasteiger partial charge in [0.25, 0.3) is 0 Å². The summed E-state index contributed by atoms with van der Waals surface area (Å²) >= 11 is 0. The maximum absolute atomic E-state index is 15.0. The standard InChI is InChI=1S/C25H30FN4O8P/c1-14(2)36-24(32)15(3)29-39(34,38-18-10-6-8-16-7-4-5-9-17(16)18)35-13-19-22(31)21(26)23(37-19)30-12-11-20(27)28-25(30)33/h4-12,14-15,19,21-23,31H,13H2,1-3H3,(H,29,34)(H2,27,28,33)/t15-,19+,21?,22?,23+,39?/m0/s1. The smallest absolute Gasteiger partial charge is 0.459 e. The topological polar surface area (TPSA) is 164 Å². The highest BCUT2D eigenvalue weighted by Gasteiger charge is 2.47. The van der Waals surface area contributed by atoms with E-state index in [1.807, 2.05) is 18.2 Å². The number of alkyl halides is 1. The van der Waals surface area contributed by atoms with E-state index in [9.17, 15) is 23.7 Å². The molecule has 1 aromatic heterocycles. The molecule has 14 heteroatoms. The third-order valence-electron chi connectivity index (χ3n) is 5.85. The van der Waals surface area contributed by atoms with Crippen LogP contribution >= 0.6 is 7.75 Å². The molecule has 12 nitrogen and oxygen atoms in total. The first-order valence-electron chi connectivity index (χ1n) is 12.2. The number of nitrogen functional groups attached to an aromatic ring is 1. The summed E-state index contributed by atoms with van der Waals surface area (Å²) in [6.45, 7) is 4.13. The number of anilines is 1. The van der Waals surface area contributed by atoms with Crippen molar-refractivity contribution in [2.45, 2.75) is 57.5 Å². The quantitative estimate of drug-likeness (QED) is 0.245. The molecule has 2 heterocycles.